The lowest BCUT2D eigenvalue weighted by Crippen LogP contribution is -2.30. The Morgan fingerprint density at radius 1 is 0.793 bits per heavy atom. The molecule has 3 N–H and O–H groups in total. The summed E-state index contributed by atoms with van der Waals surface area (Å²) in [6.07, 6.45) is 5.08. The van der Waals surface area contributed by atoms with Gasteiger partial charge < -0.3 is 15.7 Å². The summed E-state index contributed by atoms with van der Waals surface area (Å²) in [6.45, 7) is 0. The Labute approximate surface area is 169 Å². The average Bonchev–Trinajstić information content (AvgIpc) is 2.76. The van der Waals surface area contributed by atoms with Gasteiger partial charge in [0.15, 0.2) is 0 Å². The first kappa shape index (κ1) is 19.6. The number of benzene rings is 3. The number of hydrogen-bond acceptors (Lipinski definition) is 3. The molecule has 0 aliphatic heterocycles. The van der Waals surface area contributed by atoms with E-state index in [1.807, 2.05) is 42.5 Å². The number of anilines is 1. The second-order valence-electron chi connectivity index (χ2n) is 6.17. The van der Waals surface area contributed by atoms with Crippen molar-refractivity contribution in [3.63, 3.8) is 0 Å². The molecule has 0 aliphatic carbocycles. The first-order chi connectivity index (χ1) is 14.1. The van der Waals surface area contributed by atoms with Gasteiger partial charge in [0.05, 0.1) is 0 Å². The molecule has 3 rings (SSSR count). The predicted molar refractivity (Wildman–Crippen MR) is 114 cm³/mol. The van der Waals surface area contributed by atoms with Crippen molar-refractivity contribution in [3.05, 3.63) is 114 Å². The number of hydrogen-bond donors (Lipinski definition) is 3. The summed E-state index contributed by atoms with van der Waals surface area (Å²) in [5.74, 6) is -0.759. The molecule has 0 bridgehead atoms. The van der Waals surface area contributed by atoms with Crippen molar-refractivity contribution in [2.45, 2.75) is 0 Å². The van der Waals surface area contributed by atoms with Crippen LogP contribution in [0.4, 0.5) is 5.69 Å². The zero-order valence-electron chi connectivity index (χ0n) is 15.6. The smallest absolute Gasteiger partial charge is 0.272 e. The van der Waals surface area contributed by atoms with Crippen LogP contribution in [0.2, 0.25) is 0 Å². The van der Waals surface area contributed by atoms with Crippen LogP contribution in [0, 0.1) is 0 Å². The van der Waals surface area contributed by atoms with E-state index in [1.54, 1.807) is 48.6 Å². The van der Waals surface area contributed by atoms with Gasteiger partial charge in [-0.1, -0.05) is 60.7 Å². The molecule has 5 heteroatoms. The van der Waals surface area contributed by atoms with E-state index in [-0.39, 0.29) is 17.4 Å². The van der Waals surface area contributed by atoms with Crippen molar-refractivity contribution in [3.8, 4) is 5.75 Å². The first-order valence-electron chi connectivity index (χ1n) is 9.02. The molecule has 2 amide bonds. The first-order valence-corrected chi connectivity index (χ1v) is 9.02. The third-order valence-corrected chi connectivity index (χ3v) is 4.01. The third kappa shape index (κ3) is 5.94. The molecule has 0 heterocycles. The van der Waals surface area contributed by atoms with Gasteiger partial charge in [-0.25, -0.2) is 0 Å². The maximum Gasteiger partial charge on any atom is 0.272 e. The maximum absolute atomic E-state index is 12.7. The number of phenolic OH excluding ortho intramolecular Hbond substituents is 1. The Hall–Kier alpha value is -4.12. The lowest BCUT2D eigenvalue weighted by Gasteiger charge is -2.10. The molecule has 0 saturated heterocycles. The molecule has 0 unspecified atom stereocenters. The number of allylic oxidation sites excluding steroid dienone is 2. The normalized spacial score (nSPS) is 11.2. The standard InChI is InChI=1S/C24H20N2O3/c27-21-16-14-20(15-17-21)25-24(29)22(13-7-10-18-8-3-1-4-9-18)26-23(28)19-11-5-2-6-12-19/h1-17,27H,(H,25,29)(H,26,28)/b10-7+,22-13+. The average molecular weight is 384 g/mol. The van der Waals surface area contributed by atoms with Gasteiger partial charge in [-0.2, -0.15) is 0 Å². The van der Waals surface area contributed by atoms with E-state index < -0.39 is 5.91 Å². The molecule has 144 valence electrons. The Morgan fingerprint density at radius 3 is 2.07 bits per heavy atom. The van der Waals surface area contributed by atoms with Crippen molar-refractivity contribution < 1.29 is 14.7 Å². The van der Waals surface area contributed by atoms with Gasteiger partial charge in [-0.05, 0) is 48.0 Å². The van der Waals surface area contributed by atoms with Gasteiger partial charge in [0.1, 0.15) is 11.4 Å². The van der Waals surface area contributed by atoms with Crippen LogP contribution >= 0.6 is 0 Å². The molecule has 0 fully saturated rings. The van der Waals surface area contributed by atoms with Gasteiger partial charge in [-0.3, -0.25) is 9.59 Å². The number of carbonyl (C=O) groups excluding carboxylic acids is 2. The van der Waals surface area contributed by atoms with E-state index in [0.717, 1.165) is 5.56 Å². The highest BCUT2D eigenvalue weighted by Gasteiger charge is 2.14. The van der Waals surface area contributed by atoms with E-state index in [9.17, 15) is 14.7 Å². The summed E-state index contributed by atoms with van der Waals surface area (Å²) >= 11 is 0. The predicted octanol–water partition coefficient (Wildman–Crippen LogP) is 4.36. The summed E-state index contributed by atoms with van der Waals surface area (Å²) in [6, 6.07) is 24.4. The van der Waals surface area contributed by atoms with E-state index in [1.165, 1.54) is 12.1 Å². The Kier molecular flexibility index (Phi) is 6.58. The van der Waals surface area contributed by atoms with E-state index in [4.69, 9.17) is 0 Å². The van der Waals surface area contributed by atoms with E-state index in [2.05, 4.69) is 10.6 Å². The lowest BCUT2D eigenvalue weighted by molar-refractivity contribution is -0.113. The van der Waals surface area contributed by atoms with E-state index >= 15 is 0 Å². The number of phenols is 1. The second-order valence-corrected chi connectivity index (χ2v) is 6.17. The molecule has 3 aromatic rings. The Morgan fingerprint density at radius 2 is 1.41 bits per heavy atom. The number of amides is 2. The molecule has 0 spiro atoms. The summed E-state index contributed by atoms with van der Waals surface area (Å²) in [7, 11) is 0. The highest BCUT2D eigenvalue weighted by Crippen LogP contribution is 2.14. The summed E-state index contributed by atoms with van der Waals surface area (Å²) < 4.78 is 0. The number of carbonyl (C=O) groups is 2. The van der Waals surface area contributed by atoms with Crippen LogP contribution in [0.3, 0.4) is 0 Å². The minimum Gasteiger partial charge on any atom is -0.508 e. The molecule has 0 saturated carbocycles. The molecular weight excluding hydrogens is 364 g/mol. The van der Waals surface area contributed by atoms with Gasteiger partial charge >= 0.3 is 0 Å². The van der Waals surface area contributed by atoms with Crippen molar-refractivity contribution >= 4 is 23.6 Å². The molecule has 29 heavy (non-hydrogen) atoms. The quantitative estimate of drug-likeness (QED) is 0.336. The van der Waals surface area contributed by atoms with Crippen LogP contribution in [0.25, 0.3) is 6.08 Å². The fourth-order valence-electron chi connectivity index (χ4n) is 2.52. The zero-order valence-corrected chi connectivity index (χ0v) is 15.6. The topological polar surface area (TPSA) is 78.4 Å². The van der Waals surface area contributed by atoms with Crippen molar-refractivity contribution in [2.75, 3.05) is 5.32 Å². The summed E-state index contributed by atoms with van der Waals surface area (Å²) in [4.78, 5) is 25.2. The van der Waals surface area contributed by atoms with Gasteiger partial charge in [0.25, 0.3) is 11.8 Å². The highest BCUT2D eigenvalue weighted by molar-refractivity contribution is 6.08. The summed E-state index contributed by atoms with van der Waals surface area (Å²) in [5, 5.41) is 14.7. The maximum atomic E-state index is 12.7. The number of aromatic hydroxyl groups is 1. The van der Waals surface area contributed by atoms with Gasteiger partial charge in [-0.15, -0.1) is 0 Å². The monoisotopic (exact) mass is 384 g/mol. The van der Waals surface area contributed by atoms with E-state index in [0.29, 0.717) is 11.3 Å². The van der Waals surface area contributed by atoms with Crippen molar-refractivity contribution in [1.82, 2.24) is 5.32 Å². The molecule has 0 aromatic heterocycles. The largest absolute Gasteiger partial charge is 0.508 e. The van der Waals surface area contributed by atoms with Gasteiger partial charge in [0, 0.05) is 11.3 Å². The Bertz CT molecular complexity index is 1020. The minimum atomic E-state index is -0.474. The molecular formula is C24H20N2O3. The Balaban J connectivity index is 1.80. The lowest BCUT2D eigenvalue weighted by atomic mass is 10.2. The SMILES string of the molecule is O=C(Nc1ccc(O)cc1)/C(=C\C=C\c1ccccc1)NC(=O)c1ccccc1. The molecule has 0 aliphatic rings. The summed E-state index contributed by atoms with van der Waals surface area (Å²) in [5.41, 5.74) is 2.01. The third-order valence-electron chi connectivity index (χ3n) is 4.01. The van der Waals surface area contributed by atoms with Crippen molar-refractivity contribution in [1.29, 1.82) is 0 Å². The fraction of sp³-hybridized carbons (Fsp3) is 0. The van der Waals surface area contributed by atoms with Crippen LogP contribution < -0.4 is 10.6 Å². The van der Waals surface area contributed by atoms with Crippen LogP contribution in [-0.4, -0.2) is 16.9 Å². The fourth-order valence-corrected chi connectivity index (χ4v) is 2.52. The zero-order chi connectivity index (χ0) is 20.5. The molecule has 0 atom stereocenters. The van der Waals surface area contributed by atoms with Crippen LogP contribution in [0.5, 0.6) is 5.75 Å². The van der Waals surface area contributed by atoms with Crippen LogP contribution in [-0.2, 0) is 4.79 Å². The molecule has 3 aromatic carbocycles. The number of nitrogens with one attached hydrogen (secondary N) is 2. The van der Waals surface area contributed by atoms with Crippen molar-refractivity contribution in [2.24, 2.45) is 0 Å². The van der Waals surface area contributed by atoms with Gasteiger partial charge in [0.2, 0.25) is 0 Å². The molecule has 5 nitrogen and oxygen atoms in total. The van der Waals surface area contributed by atoms with Crippen LogP contribution in [0.15, 0.2) is 103 Å². The molecule has 0 radical (unpaired) electrons. The van der Waals surface area contributed by atoms with Crippen LogP contribution in [0.1, 0.15) is 15.9 Å². The number of rotatable bonds is 6. The second kappa shape index (κ2) is 9.71. The highest BCUT2D eigenvalue weighted by atomic mass is 16.3. The minimum absolute atomic E-state index is 0.0964.